The van der Waals surface area contributed by atoms with Gasteiger partial charge in [-0.2, -0.15) is 0 Å². The summed E-state index contributed by atoms with van der Waals surface area (Å²) in [7, 11) is 0. The van der Waals surface area contributed by atoms with E-state index in [0.29, 0.717) is 11.7 Å². The lowest BCUT2D eigenvalue weighted by atomic mass is 10.1. The van der Waals surface area contributed by atoms with E-state index in [-0.39, 0.29) is 5.56 Å². The Labute approximate surface area is 113 Å². The van der Waals surface area contributed by atoms with E-state index in [1.807, 2.05) is 0 Å². The third-order valence-electron chi connectivity index (χ3n) is 3.76. The van der Waals surface area contributed by atoms with Crippen LogP contribution in [0.4, 0.5) is 11.5 Å². The average molecular weight is 263 g/mol. The molecule has 0 aliphatic carbocycles. The summed E-state index contributed by atoms with van der Waals surface area (Å²) in [5.74, 6) is -0.257. The lowest BCUT2D eigenvalue weighted by molar-refractivity contribution is 0.0696. The molecule has 1 fully saturated rings. The highest BCUT2D eigenvalue weighted by Crippen LogP contribution is 2.28. The predicted molar refractivity (Wildman–Crippen MR) is 75.5 cm³/mol. The molecule has 5 heteroatoms. The topological polar surface area (TPSA) is 79.5 Å². The highest BCUT2D eigenvalue weighted by Gasteiger charge is 2.22. The molecule has 0 spiro atoms. The molecule has 0 bridgehead atoms. The summed E-state index contributed by atoms with van der Waals surface area (Å²) in [5.41, 5.74) is 6.59. The third kappa shape index (κ3) is 2.97. The van der Waals surface area contributed by atoms with Gasteiger partial charge in [-0.1, -0.05) is 19.8 Å². The number of pyridine rings is 1. The zero-order chi connectivity index (χ0) is 13.8. The number of rotatable bonds is 3. The SMILES string of the molecule is CCC1CCCCCN1c1ncc(C(=O)O)cc1N. The third-order valence-corrected chi connectivity index (χ3v) is 3.76. The first-order valence-electron chi connectivity index (χ1n) is 6.89. The number of carbonyl (C=O) groups is 1. The predicted octanol–water partition coefficient (Wildman–Crippen LogP) is 2.52. The molecule has 2 heterocycles. The summed E-state index contributed by atoms with van der Waals surface area (Å²) in [6, 6.07) is 1.95. The summed E-state index contributed by atoms with van der Waals surface area (Å²) in [5, 5.41) is 8.94. The van der Waals surface area contributed by atoms with Gasteiger partial charge in [0.25, 0.3) is 0 Å². The van der Waals surface area contributed by atoms with Crippen LogP contribution in [0.2, 0.25) is 0 Å². The Morgan fingerprint density at radius 1 is 1.53 bits per heavy atom. The number of anilines is 2. The Bertz CT molecular complexity index is 462. The largest absolute Gasteiger partial charge is 0.478 e. The van der Waals surface area contributed by atoms with Gasteiger partial charge in [0.2, 0.25) is 0 Å². The lowest BCUT2D eigenvalue weighted by Gasteiger charge is -2.31. The highest BCUT2D eigenvalue weighted by molar-refractivity contribution is 5.89. The molecule has 2 rings (SSSR count). The van der Waals surface area contributed by atoms with E-state index in [1.54, 1.807) is 0 Å². The van der Waals surface area contributed by atoms with E-state index in [1.165, 1.54) is 25.1 Å². The minimum Gasteiger partial charge on any atom is -0.478 e. The minimum absolute atomic E-state index is 0.143. The number of carboxylic acid groups (broad SMARTS) is 1. The molecule has 1 aromatic rings. The molecule has 1 aliphatic heterocycles. The maximum Gasteiger partial charge on any atom is 0.337 e. The Morgan fingerprint density at radius 3 is 2.95 bits per heavy atom. The van der Waals surface area contributed by atoms with Crippen LogP contribution in [0.1, 0.15) is 49.4 Å². The first kappa shape index (κ1) is 13.6. The van der Waals surface area contributed by atoms with Crippen LogP contribution in [-0.2, 0) is 0 Å². The fourth-order valence-corrected chi connectivity index (χ4v) is 2.71. The first-order chi connectivity index (χ1) is 9.13. The number of nitrogens with two attached hydrogens (primary N) is 1. The maximum absolute atomic E-state index is 10.9. The van der Waals surface area contributed by atoms with Gasteiger partial charge in [-0.3, -0.25) is 0 Å². The van der Waals surface area contributed by atoms with E-state index in [2.05, 4.69) is 16.8 Å². The first-order valence-corrected chi connectivity index (χ1v) is 6.89. The van der Waals surface area contributed by atoms with Crippen molar-refractivity contribution in [1.29, 1.82) is 0 Å². The Hall–Kier alpha value is -1.78. The van der Waals surface area contributed by atoms with Crippen molar-refractivity contribution in [3.05, 3.63) is 17.8 Å². The standard InChI is InChI=1S/C14H21N3O2/c1-2-11-6-4-3-5-7-17(11)13-12(15)8-10(9-16-13)14(18)19/h8-9,11H,2-7,15H2,1H3,(H,18,19). The van der Waals surface area contributed by atoms with Crippen LogP contribution in [0, 0.1) is 0 Å². The second kappa shape index (κ2) is 5.91. The molecule has 1 aliphatic rings. The number of nitrogen functional groups attached to an aromatic ring is 1. The molecule has 104 valence electrons. The molecule has 0 radical (unpaired) electrons. The molecule has 1 atom stereocenters. The van der Waals surface area contributed by atoms with Crippen LogP contribution in [0.25, 0.3) is 0 Å². The fourth-order valence-electron chi connectivity index (χ4n) is 2.71. The molecular weight excluding hydrogens is 242 g/mol. The van der Waals surface area contributed by atoms with Gasteiger partial charge in [0.05, 0.1) is 11.3 Å². The summed E-state index contributed by atoms with van der Waals surface area (Å²) < 4.78 is 0. The van der Waals surface area contributed by atoms with Crippen LogP contribution in [0.3, 0.4) is 0 Å². The second-order valence-electron chi connectivity index (χ2n) is 5.05. The fraction of sp³-hybridized carbons (Fsp3) is 0.571. The average Bonchev–Trinajstić information content (AvgIpc) is 2.63. The number of hydrogen-bond acceptors (Lipinski definition) is 4. The number of nitrogens with zero attached hydrogens (tertiary/aromatic N) is 2. The zero-order valence-electron chi connectivity index (χ0n) is 11.3. The van der Waals surface area contributed by atoms with Crippen LogP contribution in [-0.4, -0.2) is 28.6 Å². The molecule has 19 heavy (non-hydrogen) atoms. The Kier molecular flexibility index (Phi) is 4.24. The van der Waals surface area contributed by atoms with Crippen molar-refractivity contribution in [3.63, 3.8) is 0 Å². The molecule has 1 saturated heterocycles. The van der Waals surface area contributed by atoms with Crippen molar-refractivity contribution >= 4 is 17.5 Å². The van der Waals surface area contributed by atoms with Gasteiger partial charge in [-0.05, 0) is 25.3 Å². The van der Waals surface area contributed by atoms with Crippen molar-refractivity contribution in [2.75, 3.05) is 17.2 Å². The van der Waals surface area contributed by atoms with Crippen molar-refractivity contribution < 1.29 is 9.90 Å². The number of aromatic nitrogens is 1. The highest BCUT2D eigenvalue weighted by atomic mass is 16.4. The number of aromatic carboxylic acids is 1. The van der Waals surface area contributed by atoms with Crippen molar-refractivity contribution in [2.24, 2.45) is 0 Å². The molecule has 0 saturated carbocycles. The summed E-state index contributed by atoms with van der Waals surface area (Å²) >= 11 is 0. The molecular formula is C14H21N3O2. The van der Waals surface area contributed by atoms with E-state index < -0.39 is 5.97 Å². The molecule has 1 aromatic heterocycles. The zero-order valence-corrected chi connectivity index (χ0v) is 11.3. The number of hydrogen-bond donors (Lipinski definition) is 2. The Morgan fingerprint density at radius 2 is 2.32 bits per heavy atom. The van der Waals surface area contributed by atoms with Gasteiger partial charge in [0.15, 0.2) is 5.82 Å². The van der Waals surface area contributed by atoms with Gasteiger partial charge >= 0.3 is 5.97 Å². The molecule has 1 unspecified atom stereocenters. The van der Waals surface area contributed by atoms with Gasteiger partial charge in [-0.15, -0.1) is 0 Å². The van der Waals surface area contributed by atoms with Gasteiger partial charge in [0.1, 0.15) is 0 Å². The molecule has 3 N–H and O–H groups in total. The van der Waals surface area contributed by atoms with E-state index >= 15 is 0 Å². The number of carboxylic acids is 1. The van der Waals surface area contributed by atoms with Crippen LogP contribution in [0.15, 0.2) is 12.3 Å². The molecule has 0 amide bonds. The van der Waals surface area contributed by atoms with Crippen molar-refractivity contribution in [1.82, 2.24) is 4.98 Å². The van der Waals surface area contributed by atoms with Gasteiger partial charge in [-0.25, -0.2) is 9.78 Å². The normalized spacial score (nSPS) is 20.1. The smallest absolute Gasteiger partial charge is 0.337 e. The van der Waals surface area contributed by atoms with E-state index in [4.69, 9.17) is 10.8 Å². The quantitative estimate of drug-likeness (QED) is 0.876. The summed E-state index contributed by atoms with van der Waals surface area (Å²) in [6.45, 7) is 3.12. The van der Waals surface area contributed by atoms with Crippen LogP contribution >= 0.6 is 0 Å². The lowest BCUT2D eigenvalue weighted by Crippen LogP contribution is -2.35. The summed E-state index contributed by atoms with van der Waals surface area (Å²) in [6.07, 6.45) is 7.21. The second-order valence-corrected chi connectivity index (χ2v) is 5.05. The minimum atomic E-state index is -0.992. The van der Waals surface area contributed by atoms with Gasteiger partial charge < -0.3 is 15.7 Å². The van der Waals surface area contributed by atoms with E-state index in [9.17, 15) is 4.79 Å². The summed E-state index contributed by atoms with van der Waals surface area (Å²) in [4.78, 5) is 17.4. The molecule has 0 aromatic carbocycles. The van der Waals surface area contributed by atoms with Crippen molar-refractivity contribution in [3.8, 4) is 0 Å². The van der Waals surface area contributed by atoms with Crippen LogP contribution < -0.4 is 10.6 Å². The van der Waals surface area contributed by atoms with Crippen LogP contribution in [0.5, 0.6) is 0 Å². The molecule has 5 nitrogen and oxygen atoms in total. The van der Waals surface area contributed by atoms with Gasteiger partial charge in [0, 0.05) is 18.8 Å². The van der Waals surface area contributed by atoms with E-state index in [0.717, 1.165) is 31.6 Å². The maximum atomic E-state index is 10.9. The Balaban J connectivity index is 2.30. The monoisotopic (exact) mass is 263 g/mol. The van der Waals surface area contributed by atoms with Crippen molar-refractivity contribution in [2.45, 2.75) is 45.1 Å².